The lowest BCUT2D eigenvalue weighted by atomic mass is 10.1. The fraction of sp³-hybridized carbons (Fsp3) is 0.529. The standard InChI is InChI=1S/C17H26N4O5S/c1-10(2)16(18)17(23)19-9-15(22)20-12-6-7-13(26-3)14(8-12)27(24,25)21-11-4-5-11/h6-8,10-11,16,21H,4-5,9,18H2,1-3H3,(H,19,23)(H,20,22)/t16-/m0/s1. The molecule has 0 aliphatic heterocycles. The molecule has 0 saturated heterocycles. The normalized spacial score (nSPS) is 15.3. The molecule has 150 valence electrons. The van der Waals surface area contributed by atoms with Crippen LogP contribution in [0, 0.1) is 5.92 Å². The van der Waals surface area contributed by atoms with Gasteiger partial charge in [0.25, 0.3) is 0 Å². The summed E-state index contributed by atoms with van der Waals surface area (Å²) in [6.07, 6.45) is 1.60. The maximum atomic E-state index is 12.5. The van der Waals surface area contributed by atoms with Crippen molar-refractivity contribution in [3.8, 4) is 5.75 Å². The van der Waals surface area contributed by atoms with Crippen LogP contribution in [0.15, 0.2) is 23.1 Å². The van der Waals surface area contributed by atoms with Crippen molar-refractivity contribution in [1.29, 1.82) is 0 Å². The second-order valence-corrected chi connectivity index (χ2v) is 8.48. The molecule has 10 heteroatoms. The fourth-order valence-corrected chi connectivity index (χ4v) is 3.74. The van der Waals surface area contributed by atoms with Gasteiger partial charge in [0.2, 0.25) is 21.8 Å². The van der Waals surface area contributed by atoms with E-state index < -0.39 is 27.9 Å². The largest absolute Gasteiger partial charge is 0.495 e. The number of sulfonamides is 1. The first-order chi connectivity index (χ1) is 12.6. The lowest BCUT2D eigenvalue weighted by molar-refractivity contribution is -0.125. The van der Waals surface area contributed by atoms with Gasteiger partial charge in [-0.15, -0.1) is 0 Å². The molecule has 1 aliphatic carbocycles. The number of carbonyl (C=O) groups excluding carboxylic acids is 2. The number of ether oxygens (including phenoxy) is 1. The molecule has 0 heterocycles. The Morgan fingerprint density at radius 2 is 1.96 bits per heavy atom. The molecule has 1 aromatic carbocycles. The molecule has 0 aromatic heterocycles. The van der Waals surface area contributed by atoms with E-state index in [2.05, 4.69) is 15.4 Å². The third kappa shape index (κ3) is 5.91. The smallest absolute Gasteiger partial charge is 0.244 e. The van der Waals surface area contributed by atoms with Crippen LogP contribution in [0.4, 0.5) is 5.69 Å². The van der Waals surface area contributed by atoms with Crippen LogP contribution in [-0.2, 0) is 19.6 Å². The van der Waals surface area contributed by atoms with Crippen molar-refractivity contribution in [2.45, 2.75) is 43.7 Å². The number of hydrogen-bond donors (Lipinski definition) is 4. The van der Waals surface area contributed by atoms with Gasteiger partial charge >= 0.3 is 0 Å². The zero-order valence-corrected chi connectivity index (χ0v) is 16.4. The van der Waals surface area contributed by atoms with Gasteiger partial charge in [-0.05, 0) is 37.0 Å². The van der Waals surface area contributed by atoms with Gasteiger partial charge in [-0.25, -0.2) is 13.1 Å². The first-order valence-corrected chi connectivity index (χ1v) is 10.2. The number of amides is 2. The molecule has 2 amide bonds. The molecule has 1 atom stereocenters. The van der Waals surface area contributed by atoms with Gasteiger partial charge in [-0.1, -0.05) is 13.8 Å². The summed E-state index contributed by atoms with van der Waals surface area (Å²) >= 11 is 0. The predicted octanol–water partition coefficient (Wildman–Crippen LogP) is 0.174. The molecule has 0 bridgehead atoms. The lowest BCUT2D eigenvalue weighted by Gasteiger charge is -2.15. The highest BCUT2D eigenvalue weighted by Crippen LogP contribution is 2.29. The predicted molar refractivity (Wildman–Crippen MR) is 101 cm³/mol. The Labute approximate surface area is 159 Å². The third-order valence-electron chi connectivity index (χ3n) is 4.08. The quantitative estimate of drug-likeness (QED) is 0.468. The van der Waals surface area contributed by atoms with Gasteiger partial charge < -0.3 is 21.1 Å². The van der Waals surface area contributed by atoms with Crippen LogP contribution < -0.4 is 25.8 Å². The van der Waals surface area contributed by atoms with Gasteiger partial charge in [0.05, 0.1) is 19.7 Å². The second kappa shape index (κ2) is 8.68. The van der Waals surface area contributed by atoms with E-state index in [1.54, 1.807) is 13.8 Å². The molecule has 0 unspecified atom stereocenters. The van der Waals surface area contributed by atoms with Crippen LogP contribution in [-0.4, -0.2) is 46.0 Å². The molecule has 1 fully saturated rings. The molecular weight excluding hydrogens is 372 g/mol. The molecule has 0 radical (unpaired) electrons. The average molecular weight is 398 g/mol. The van der Waals surface area contributed by atoms with Crippen molar-refractivity contribution in [2.24, 2.45) is 11.7 Å². The Bertz CT molecular complexity index is 806. The minimum absolute atomic E-state index is 0.0543. The summed E-state index contributed by atoms with van der Waals surface area (Å²) in [5.74, 6) is -0.798. The third-order valence-corrected chi connectivity index (χ3v) is 5.62. The van der Waals surface area contributed by atoms with Gasteiger partial charge in [0, 0.05) is 11.7 Å². The number of methoxy groups -OCH3 is 1. The summed E-state index contributed by atoms with van der Waals surface area (Å²) < 4.78 is 32.7. The van der Waals surface area contributed by atoms with Gasteiger partial charge in [-0.3, -0.25) is 9.59 Å². The summed E-state index contributed by atoms with van der Waals surface area (Å²) in [6.45, 7) is 3.34. The fourth-order valence-electron chi connectivity index (χ4n) is 2.24. The zero-order chi connectivity index (χ0) is 20.2. The monoisotopic (exact) mass is 398 g/mol. The highest BCUT2D eigenvalue weighted by atomic mass is 32.2. The summed E-state index contributed by atoms with van der Waals surface area (Å²) in [7, 11) is -2.38. The van der Waals surface area contributed by atoms with Crippen molar-refractivity contribution >= 4 is 27.5 Å². The van der Waals surface area contributed by atoms with E-state index in [9.17, 15) is 18.0 Å². The topological polar surface area (TPSA) is 140 Å². The van der Waals surface area contributed by atoms with Crippen molar-refractivity contribution < 1.29 is 22.7 Å². The van der Waals surface area contributed by atoms with Gasteiger partial charge in [-0.2, -0.15) is 0 Å². The number of rotatable bonds is 9. The SMILES string of the molecule is COc1ccc(NC(=O)CNC(=O)[C@@H](N)C(C)C)cc1S(=O)(=O)NC1CC1. The minimum atomic E-state index is -3.76. The molecule has 2 rings (SSSR count). The zero-order valence-electron chi connectivity index (χ0n) is 15.6. The molecular formula is C17H26N4O5S. The van der Waals surface area contributed by atoms with E-state index in [0.29, 0.717) is 0 Å². The van der Waals surface area contributed by atoms with Crippen molar-refractivity contribution in [1.82, 2.24) is 10.0 Å². The van der Waals surface area contributed by atoms with E-state index in [1.165, 1.54) is 25.3 Å². The van der Waals surface area contributed by atoms with Crippen LogP contribution in [0.5, 0.6) is 5.75 Å². The second-order valence-electron chi connectivity index (χ2n) is 6.80. The van der Waals surface area contributed by atoms with E-state index in [1.807, 2.05) is 0 Å². The van der Waals surface area contributed by atoms with Crippen molar-refractivity contribution in [3.05, 3.63) is 18.2 Å². The highest BCUT2D eigenvalue weighted by Gasteiger charge is 2.30. The Kier molecular flexibility index (Phi) is 6.79. The maximum absolute atomic E-state index is 12.5. The number of nitrogens with two attached hydrogens (primary N) is 1. The maximum Gasteiger partial charge on any atom is 0.244 e. The lowest BCUT2D eigenvalue weighted by Crippen LogP contribution is -2.46. The van der Waals surface area contributed by atoms with E-state index in [4.69, 9.17) is 10.5 Å². The first-order valence-electron chi connectivity index (χ1n) is 8.67. The van der Waals surface area contributed by atoms with E-state index in [-0.39, 0.29) is 34.8 Å². The molecule has 1 saturated carbocycles. The van der Waals surface area contributed by atoms with Crippen LogP contribution in [0.1, 0.15) is 26.7 Å². The Hall–Kier alpha value is -2.17. The van der Waals surface area contributed by atoms with Crippen LogP contribution in [0.25, 0.3) is 0 Å². The minimum Gasteiger partial charge on any atom is -0.495 e. The number of benzene rings is 1. The Morgan fingerprint density at radius 3 is 2.52 bits per heavy atom. The summed E-state index contributed by atoms with van der Waals surface area (Å²) in [5.41, 5.74) is 5.99. The summed E-state index contributed by atoms with van der Waals surface area (Å²) in [6, 6.07) is 3.55. The number of nitrogens with one attached hydrogen (secondary N) is 3. The van der Waals surface area contributed by atoms with E-state index in [0.717, 1.165) is 12.8 Å². The van der Waals surface area contributed by atoms with Gasteiger partial charge in [0.1, 0.15) is 10.6 Å². The number of hydrogen-bond acceptors (Lipinski definition) is 6. The molecule has 1 aromatic rings. The number of carbonyl (C=O) groups is 2. The van der Waals surface area contributed by atoms with Gasteiger partial charge in [0.15, 0.2) is 0 Å². The average Bonchev–Trinajstić information content (AvgIpc) is 3.42. The molecule has 27 heavy (non-hydrogen) atoms. The Balaban J connectivity index is 2.05. The molecule has 1 aliphatic rings. The Morgan fingerprint density at radius 1 is 1.30 bits per heavy atom. The first kappa shape index (κ1) is 21.1. The molecule has 9 nitrogen and oxygen atoms in total. The van der Waals surface area contributed by atoms with Crippen LogP contribution >= 0.6 is 0 Å². The van der Waals surface area contributed by atoms with Crippen molar-refractivity contribution in [3.63, 3.8) is 0 Å². The highest BCUT2D eigenvalue weighted by molar-refractivity contribution is 7.89. The van der Waals surface area contributed by atoms with E-state index >= 15 is 0 Å². The number of anilines is 1. The van der Waals surface area contributed by atoms with Crippen LogP contribution in [0.2, 0.25) is 0 Å². The van der Waals surface area contributed by atoms with Crippen molar-refractivity contribution in [2.75, 3.05) is 19.0 Å². The molecule has 5 N–H and O–H groups in total. The molecule has 0 spiro atoms. The van der Waals surface area contributed by atoms with Crippen LogP contribution in [0.3, 0.4) is 0 Å². The summed E-state index contributed by atoms with van der Waals surface area (Å²) in [4.78, 5) is 23.8. The summed E-state index contributed by atoms with van der Waals surface area (Å²) in [5, 5.41) is 5.01.